The summed E-state index contributed by atoms with van der Waals surface area (Å²) >= 11 is 0. The fraction of sp³-hybridized carbons (Fsp3) is 0.118. The molecule has 108 valence electrons. The van der Waals surface area contributed by atoms with Gasteiger partial charge in [-0.3, -0.25) is 0 Å². The Kier molecular flexibility index (Phi) is 2.79. The number of rotatable bonds is 2. The second kappa shape index (κ2) is 4.80. The molecule has 0 amide bonds. The van der Waals surface area contributed by atoms with Gasteiger partial charge in [-0.1, -0.05) is 18.2 Å². The first kappa shape index (κ1) is 12.8. The number of hydrogen-bond donors (Lipinski definition) is 0. The van der Waals surface area contributed by atoms with Crippen molar-refractivity contribution in [2.45, 2.75) is 13.8 Å². The van der Waals surface area contributed by atoms with Gasteiger partial charge >= 0.3 is 0 Å². The van der Waals surface area contributed by atoms with Gasteiger partial charge in [0.25, 0.3) is 0 Å². The molecule has 0 N–H and O–H groups in total. The largest absolute Gasteiger partial charge is 0.443 e. The Morgan fingerprint density at radius 2 is 1.86 bits per heavy atom. The average Bonchev–Trinajstić information content (AvgIpc) is 3.13. The molecule has 5 nitrogen and oxygen atoms in total. The predicted octanol–water partition coefficient (Wildman–Crippen LogP) is 3.69. The van der Waals surface area contributed by atoms with E-state index in [2.05, 4.69) is 15.1 Å². The maximum Gasteiger partial charge on any atom is 0.230 e. The van der Waals surface area contributed by atoms with E-state index in [0.717, 1.165) is 28.1 Å². The van der Waals surface area contributed by atoms with E-state index < -0.39 is 0 Å². The van der Waals surface area contributed by atoms with Crippen molar-refractivity contribution in [1.29, 1.82) is 0 Å². The van der Waals surface area contributed by atoms with Crippen LogP contribution in [-0.2, 0) is 0 Å². The number of para-hydroxylation sites is 1. The van der Waals surface area contributed by atoms with Crippen LogP contribution in [0.25, 0.3) is 28.0 Å². The number of aryl methyl sites for hydroxylation is 2. The van der Waals surface area contributed by atoms with Crippen LogP contribution in [0.5, 0.6) is 0 Å². The van der Waals surface area contributed by atoms with Gasteiger partial charge in [-0.25, -0.2) is 9.67 Å². The summed E-state index contributed by atoms with van der Waals surface area (Å²) in [5.74, 6) is 1.51. The zero-order valence-electron chi connectivity index (χ0n) is 12.3. The van der Waals surface area contributed by atoms with Crippen LogP contribution < -0.4 is 0 Å². The van der Waals surface area contributed by atoms with Crippen molar-refractivity contribution in [2.24, 2.45) is 0 Å². The molecule has 0 unspecified atom stereocenters. The molecule has 0 fully saturated rings. The standard InChI is InChI=1S/C17H14N4O/c1-11-8-15-16(19-12(2)20-17(15)22-11)13-9-18-21(10-13)14-6-4-3-5-7-14/h3-10H,1-2H3. The quantitative estimate of drug-likeness (QED) is 0.565. The Labute approximate surface area is 127 Å². The van der Waals surface area contributed by atoms with Crippen LogP contribution in [0.4, 0.5) is 0 Å². The highest BCUT2D eigenvalue weighted by atomic mass is 16.3. The summed E-state index contributed by atoms with van der Waals surface area (Å²) in [7, 11) is 0. The lowest BCUT2D eigenvalue weighted by atomic mass is 10.2. The summed E-state index contributed by atoms with van der Waals surface area (Å²) in [5, 5.41) is 5.34. The van der Waals surface area contributed by atoms with Gasteiger partial charge < -0.3 is 4.42 Å². The molecule has 0 saturated carbocycles. The van der Waals surface area contributed by atoms with E-state index in [0.29, 0.717) is 11.5 Å². The van der Waals surface area contributed by atoms with E-state index in [4.69, 9.17) is 4.42 Å². The fourth-order valence-electron chi connectivity index (χ4n) is 2.54. The van der Waals surface area contributed by atoms with Crippen molar-refractivity contribution in [3.63, 3.8) is 0 Å². The van der Waals surface area contributed by atoms with E-state index in [9.17, 15) is 0 Å². The van der Waals surface area contributed by atoms with E-state index in [1.807, 2.05) is 67.3 Å². The van der Waals surface area contributed by atoms with Gasteiger partial charge in [-0.05, 0) is 32.0 Å². The first-order chi connectivity index (χ1) is 10.7. The molecule has 0 aliphatic carbocycles. The highest BCUT2D eigenvalue weighted by Gasteiger charge is 2.14. The minimum atomic E-state index is 0.618. The van der Waals surface area contributed by atoms with E-state index in [1.165, 1.54) is 0 Å². The van der Waals surface area contributed by atoms with Gasteiger partial charge in [0.1, 0.15) is 11.6 Å². The van der Waals surface area contributed by atoms with Gasteiger partial charge in [-0.15, -0.1) is 0 Å². The van der Waals surface area contributed by atoms with Gasteiger partial charge in [0.05, 0.1) is 23.0 Å². The smallest absolute Gasteiger partial charge is 0.230 e. The Morgan fingerprint density at radius 1 is 1.05 bits per heavy atom. The summed E-state index contributed by atoms with van der Waals surface area (Å²) in [4.78, 5) is 8.91. The topological polar surface area (TPSA) is 56.7 Å². The molecular weight excluding hydrogens is 276 g/mol. The lowest BCUT2D eigenvalue weighted by molar-refractivity contribution is 0.566. The monoisotopic (exact) mass is 290 g/mol. The van der Waals surface area contributed by atoms with Crippen LogP contribution in [0.2, 0.25) is 0 Å². The first-order valence-electron chi connectivity index (χ1n) is 7.06. The maximum absolute atomic E-state index is 5.62. The minimum absolute atomic E-state index is 0.618. The zero-order valence-corrected chi connectivity index (χ0v) is 12.3. The van der Waals surface area contributed by atoms with Crippen molar-refractivity contribution in [3.05, 3.63) is 60.4 Å². The Morgan fingerprint density at radius 3 is 2.68 bits per heavy atom. The zero-order chi connectivity index (χ0) is 15.1. The first-order valence-corrected chi connectivity index (χ1v) is 7.06. The molecule has 0 bridgehead atoms. The highest BCUT2D eigenvalue weighted by Crippen LogP contribution is 2.28. The van der Waals surface area contributed by atoms with Crippen LogP contribution in [0, 0.1) is 13.8 Å². The lowest BCUT2D eigenvalue weighted by Gasteiger charge is -2.01. The third-order valence-electron chi connectivity index (χ3n) is 3.50. The summed E-state index contributed by atoms with van der Waals surface area (Å²) in [6, 6.07) is 12.0. The number of benzene rings is 1. The summed E-state index contributed by atoms with van der Waals surface area (Å²) < 4.78 is 7.46. The fourth-order valence-corrected chi connectivity index (χ4v) is 2.54. The van der Waals surface area contributed by atoms with Crippen molar-refractivity contribution in [1.82, 2.24) is 19.7 Å². The molecular formula is C17H14N4O. The molecule has 0 aliphatic heterocycles. The minimum Gasteiger partial charge on any atom is -0.443 e. The number of fused-ring (bicyclic) bond motifs is 1. The number of aromatic nitrogens is 4. The van der Waals surface area contributed by atoms with Crippen molar-refractivity contribution >= 4 is 11.1 Å². The molecule has 1 aromatic carbocycles. The normalized spacial score (nSPS) is 11.2. The van der Waals surface area contributed by atoms with Crippen molar-refractivity contribution < 1.29 is 4.42 Å². The Balaban J connectivity index is 1.88. The van der Waals surface area contributed by atoms with E-state index >= 15 is 0 Å². The SMILES string of the molecule is Cc1nc(-c2cnn(-c3ccccc3)c2)c2cc(C)oc2n1. The summed E-state index contributed by atoms with van der Waals surface area (Å²) in [6.45, 7) is 3.77. The Bertz CT molecular complexity index is 953. The van der Waals surface area contributed by atoms with Gasteiger partial charge in [0.2, 0.25) is 5.71 Å². The van der Waals surface area contributed by atoms with Gasteiger partial charge in [-0.2, -0.15) is 10.1 Å². The van der Waals surface area contributed by atoms with Crippen molar-refractivity contribution in [3.8, 4) is 16.9 Å². The number of nitrogens with zero attached hydrogens (tertiary/aromatic N) is 4. The van der Waals surface area contributed by atoms with E-state index in [-0.39, 0.29) is 0 Å². The molecule has 0 aliphatic rings. The molecule has 3 aromatic heterocycles. The van der Waals surface area contributed by atoms with Crippen LogP contribution in [-0.4, -0.2) is 19.7 Å². The molecule has 0 spiro atoms. The van der Waals surface area contributed by atoms with Crippen LogP contribution in [0.15, 0.2) is 53.2 Å². The van der Waals surface area contributed by atoms with Crippen LogP contribution in [0.3, 0.4) is 0 Å². The van der Waals surface area contributed by atoms with Crippen LogP contribution >= 0.6 is 0 Å². The molecule has 0 saturated heterocycles. The second-order valence-electron chi connectivity index (χ2n) is 5.20. The van der Waals surface area contributed by atoms with Crippen LogP contribution in [0.1, 0.15) is 11.6 Å². The van der Waals surface area contributed by atoms with Gasteiger partial charge in [0.15, 0.2) is 0 Å². The maximum atomic E-state index is 5.62. The summed E-state index contributed by atoms with van der Waals surface area (Å²) in [6.07, 6.45) is 3.79. The number of furan rings is 1. The molecule has 5 heteroatoms. The lowest BCUT2D eigenvalue weighted by Crippen LogP contribution is -1.93. The average molecular weight is 290 g/mol. The molecule has 4 aromatic rings. The number of hydrogen-bond acceptors (Lipinski definition) is 4. The predicted molar refractivity (Wildman–Crippen MR) is 83.8 cm³/mol. The Hall–Kier alpha value is -2.95. The van der Waals surface area contributed by atoms with E-state index in [1.54, 1.807) is 0 Å². The second-order valence-corrected chi connectivity index (χ2v) is 5.20. The molecule has 4 rings (SSSR count). The molecule has 0 atom stereocenters. The summed E-state index contributed by atoms with van der Waals surface area (Å²) in [5.41, 5.74) is 3.42. The molecule has 22 heavy (non-hydrogen) atoms. The molecule has 3 heterocycles. The third-order valence-corrected chi connectivity index (χ3v) is 3.50. The van der Waals surface area contributed by atoms with Gasteiger partial charge in [0, 0.05) is 11.8 Å². The molecule has 0 radical (unpaired) electrons. The third kappa shape index (κ3) is 2.07. The highest BCUT2D eigenvalue weighted by molar-refractivity contribution is 5.89. The van der Waals surface area contributed by atoms with Crippen molar-refractivity contribution in [2.75, 3.05) is 0 Å².